The molecule has 0 fully saturated rings. The molecule has 4 nitrogen and oxygen atoms in total. The quantitative estimate of drug-likeness (QED) is 0.514. The summed E-state index contributed by atoms with van der Waals surface area (Å²) in [4.78, 5) is 11.2. The van der Waals surface area contributed by atoms with Gasteiger partial charge in [-0.15, -0.1) is 0 Å². The van der Waals surface area contributed by atoms with Crippen LogP contribution in [0.3, 0.4) is 0 Å². The van der Waals surface area contributed by atoms with Crippen molar-refractivity contribution in [3.8, 4) is 0 Å². The van der Waals surface area contributed by atoms with Crippen LogP contribution in [0, 0.1) is 0 Å². The molecule has 0 saturated carbocycles. The van der Waals surface area contributed by atoms with Crippen LogP contribution in [0.5, 0.6) is 0 Å². The van der Waals surface area contributed by atoms with Crippen molar-refractivity contribution in [1.82, 2.24) is 10.6 Å². The highest BCUT2D eigenvalue weighted by Gasteiger charge is 1.98. The summed E-state index contributed by atoms with van der Waals surface area (Å²) in [6, 6.07) is 0. The minimum atomic E-state index is 0.104. The lowest BCUT2D eigenvalue weighted by atomic mass is 10.1. The Morgan fingerprint density at radius 3 is 2.35 bits per heavy atom. The van der Waals surface area contributed by atoms with Crippen LogP contribution in [0.15, 0.2) is 0 Å². The maximum atomic E-state index is 11.2. The van der Waals surface area contributed by atoms with Crippen LogP contribution in [-0.4, -0.2) is 39.3 Å². The number of methoxy groups -OCH3 is 1. The first-order valence-electron chi connectivity index (χ1n) is 6.77. The van der Waals surface area contributed by atoms with Crippen molar-refractivity contribution >= 4 is 5.91 Å². The highest BCUT2D eigenvalue weighted by molar-refractivity contribution is 5.77. The van der Waals surface area contributed by atoms with Gasteiger partial charge in [0, 0.05) is 20.3 Å². The molecular weight excluding hydrogens is 216 g/mol. The Morgan fingerprint density at radius 2 is 1.71 bits per heavy atom. The van der Waals surface area contributed by atoms with Crippen molar-refractivity contribution in [2.75, 3.05) is 33.4 Å². The normalized spacial score (nSPS) is 10.5. The zero-order valence-corrected chi connectivity index (χ0v) is 11.4. The SMILES string of the molecule is CCNCC(=O)NCCCCCCCCOC. The maximum absolute atomic E-state index is 11.2. The molecule has 4 heteroatoms. The second-order valence-electron chi connectivity index (χ2n) is 4.24. The molecule has 102 valence electrons. The number of unbranched alkanes of at least 4 members (excludes halogenated alkanes) is 5. The number of rotatable bonds is 12. The van der Waals surface area contributed by atoms with Crippen molar-refractivity contribution in [3.63, 3.8) is 0 Å². The number of hydrogen-bond acceptors (Lipinski definition) is 3. The Labute approximate surface area is 105 Å². The van der Waals surface area contributed by atoms with Gasteiger partial charge in [0.05, 0.1) is 6.54 Å². The van der Waals surface area contributed by atoms with E-state index in [4.69, 9.17) is 4.74 Å². The van der Waals surface area contributed by atoms with Gasteiger partial charge in [-0.05, 0) is 19.4 Å². The van der Waals surface area contributed by atoms with Crippen LogP contribution in [0.25, 0.3) is 0 Å². The molecular formula is C13H28N2O2. The predicted octanol–water partition coefficient (Wildman–Crippen LogP) is 1.70. The Bertz CT molecular complexity index is 175. The Morgan fingerprint density at radius 1 is 1.06 bits per heavy atom. The van der Waals surface area contributed by atoms with Gasteiger partial charge in [0.2, 0.25) is 5.91 Å². The largest absolute Gasteiger partial charge is 0.385 e. The lowest BCUT2D eigenvalue weighted by Gasteiger charge is -2.05. The summed E-state index contributed by atoms with van der Waals surface area (Å²) >= 11 is 0. The number of ether oxygens (including phenoxy) is 1. The monoisotopic (exact) mass is 244 g/mol. The Kier molecular flexibility index (Phi) is 13.0. The van der Waals surface area contributed by atoms with Crippen LogP contribution in [0.4, 0.5) is 0 Å². The van der Waals surface area contributed by atoms with E-state index >= 15 is 0 Å². The average Bonchev–Trinajstić information content (AvgIpc) is 2.34. The van der Waals surface area contributed by atoms with Crippen molar-refractivity contribution in [2.24, 2.45) is 0 Å². The van der Waals surface area contributed by atoms with Crippen LogP contribution in [0.1, 0.15) is 45.4 Å². The number of carbonyl (C=O) groups is 1. The lowest BCUT2D eigenvalue weighted by molar-refractivity contribution is -0.120. The predicted molar refractivity (Wildman–Crippen MR) is 71.1 cm³/mol. The van der Waals surface area contributed by atoms with Gasteiger partial charge in [-0.3, -0.25) is 4.79 Å². The van der Waals surface area contributed by atoms with Gasteiger partial charge in [0.15, 0.2) is 0 Å². The fourth-order valence-electron chi connectivity index (χ4n) is 1.61. The van der Waals surface area contributed by atoms with Crippen LogP contribution < -0.4 is 10.6 Å². The molecule has 0 radical (unpaired) electrons. The van der Waals surface area contributed by atoms with E-state index in [1.807, 2.05) is 6.92 Å². The highest BCUT2D eigenvalue weighted by atomic mass is 16.5. The van der Waals surface area contributed by atoms with Gasteiger partial charge in [-0.2, -0.15) is 0 Å². The first kappa shape index (κ1) is 16.4. The molecule has 0 aliphatic carbocycles. The molecule has 0 atom stereocenters. The summed E-state index contributed by atoms with van der Waals surface area (Å²) in [6.45, 7) is 4.96. The number of hydrogen-bond donors (Lipinski definition) is 2. The summed E-state index contributed by atoms with van der Waals surface area (Å²) in [5.74, 6) is 0.104. The van der Waals surface area contributed by atoms with Crippen molar-refractivity contribution in [1.29, 1.82) is 0 Å². The van der Waals surface area contributed by atoms with Crippen LogP contribution >= 0.6 is 0 Å². The lowest BCUT2D eigenvalue weighted by Crippen LogP contribution is -2.34. The molecule has 0 aromatic heterocycles. The van der Waals surface area contributed by atoms with E-state index in [2.05, 4.69) is 10.6 Å². The molecule has 0 saturated heterocycles. The van der Waals surface area contributed by atoms with E-state index in [1.54, 1.807) is 7.11 Å². The third-order valence-electron chi connectivity index (χ3n) is 2.63. The molecule has 0 spiro atoms. The zero-order valence-electron chi connectivity index (χ0n) is 11.4. The minimum Gasteiger partial charge on any atom is -0.385 e. The molecule has 0 heterocycles. The van der Waals surface area contributed by atoms with Crippen molar-refractivity contribution < 1.29 is 9.53 Å². The topological polar surface area (TPSA) is 50.4 Å². The van der Waals surface area contributed by atoms with Crippen molar-refractivity contribution in [2.45, 2.75) is 45.4 Å². The number of carbonyl (C=O) groups excluding carboxylic acids is 1. The third kappa shape index (κ3) is 13.3. The van der Waals surface area contributed by atoms with Crippen LogP contribution in [0.2, 0.25) is 0 Å². The fraction of sp³-hybridized carbons (Fsp3) is 0.923. The first-order chi connectivity index (χ1) is 8.31. The molecule has 0 rings (SSSR count). The second-order valence-corrected chi connectivity index (χ2v) is 4.24. The summed E-state index contributed by atoms with van der Waals surface area (Å²) in [7, 11) is 1.75. The van der Waals surface area contributed by atoms with Gasteiger partial charge in [-0.25, -0.2) is 0 Å². The smallest absolute Gasteiger partial charge is 0.233 e. The van der Waals surface area contributed by atoms with E-state index in [-0.39, 0.29) is 5.91 Å². The van der Waals surface area contributed by atoms with E-state index in [1.165, 1.54) is 25.7 Å². The summed E-state index contributed by atoms with van der Waals surface area (Å²) in [5, 5.41) is 5.91. The zero-order chi connectivity index (χ0) is 12.8. The van der Waals surface area contributed by atoms with Gasteiger partial charge >= 0.3 is 0 Å². The molecule has 0 bridgehead atoms. The molecule has 0 aliphatic rings. The molecule has 17 heavy (non-hydrogen) atoms. The molecule has 0 aromatic rings. The number of nitrogens with one attached hydrogen (secondary N) is 2. The van der Waals surface area contributed by atoms with Crippen LogP contribution in [-0.2, 0) is 9.53 Å². The summed E-state index contributed by atoms with van der Waals surface area (Å²) < 4.78 is 4.99. The van der Waals surface area contributed by atoms with E-state index in [0.29, 0.717) is 6.54 Å². The van der Waals surface area contributed by atoms with E-state index in [0.717, 1.165) is 32.5 Å². The van der Waals surface area contributed by atoms with Gasteiger partial charge < -0.3 is 15.4 Å². The molecule has 2 N–H and O–H groups in total. The molecule has 1 amide bonds. The molecule has 0 unspecified atom stereocenters. The third-order valence-corrected chi connectivity index (χ3v) is 2.63. The number of likely N-dealkylation sites (N-methyl/N-ethyl adjacent to an activating group) is 1. The highest BCUT2D eigenvalue weighted by Crippen LogP contribution is 2.04. The van der Waals surface area contributed by atoms with E-state index in [9.17, 15) is 4.79 Å². The first-order valence-corrected chi connectivity index (χ1v) is 6.77. The Hall–Kier alpha value is -0.610. The van der Waals surface area contributed by atoms with E-state index < -0.39 is 0 Å². The average molecular weight is 244 g/mol. The summed E-state index contributed by atoms with van der Waals surface area (Å²) in [6.07, 6.45) is 7.23. The minimum absolute atomic E-state index is 0.104. The van der Waals surface area contributed by atoms with Gasteiger partial charge in [0.25, 0.3) is 0 Å². The number of amides is 1. The second kappa shape index (κ2) is 13.5. The maximum Gasteiger partial charge on any atom is 0.233 e. The van der Waals surface area contributed by atoms with Gasteiger partial charge in [-0.1, -0.05) is 32.6 Å². The Balaban J connectivity index is 3.05. The molecule has 0 aromatic carbocycles. The van der Waals surface area contributed by atoms with Crippen molar-refractivity contribution in [3.05, 3.63) is 0 Å². The van der Waals surface area contributed by atoms with Gasteiger partial charge in [0.1, 0.15) is 0 Å². The fourth-order valence-corrected chi connectivity index (χ4v) is 1.61. The summed E-state index contributed by atoms with van der Waals surface area (Å²) in [5.41, 5.74) is 0. The standard InChI is InChI=1S/C13H28N2O2/c1-3-14-12-13(16)15-10-8-6-4-5-7-9-11-17-2/h14H,3-12H2,1-2H3,(H,15,16). The molecule has 0 aliphatic heterocycles.